The van der Waals surface area contributed by atoms with Gasteiger partial charge in [-0.3, -0.25) is 0 Å². The molecule has 2 heterocycles. The molecule has 0 radical (unpaired) electrons. The highest BCUT2D eigenvalue weighted by Gasteiger charge is 2.48. The van der Waals surface area contributed by atoms with Gasteiger partial charge in [-0.05, 0) is 44.0 Å². The number of sulfone groups is 1. The fourth-order valence-corrected chi connectivity index (χ4v) is 5.18. The maximum atomic E-state index is 15.5. The average Bonchev–Trinajstić information content (AvgIpc) is 2.68. The highest BCUT2D eigenvalue weighted by atomic mass is 35.5. The standard InChI is InChI=1S/C18H20ClFN4O3S/c1-18(20,28(26,27)16-4-2-3-14(19)11-16)13-6-9-24(10-7-13)17(25)23-15-5-8-21-22-12-15/h2-5,8,11-13H,6-7,9-10H2,1H3,(H,21,23,25). The van der Waals surface area contributed by atoms with Gasteiger partial charge in [0.15, 0.2) is 0 Å². The first-order chi connectivity index (χ1) is 13.2. The summed E-state index contributed by atoms with van der Waals surface area (Å²) in [5.74, 6) is -0.733. The van der Waals surface area contributed by atoms with Gasteiger partial charge in [-0.25, -0.2) is 17.6 Å². The zero-order valence-electron chi connectivity index (χ0n) is 15.2. The minimum absolute atomic E-state index is 0.143. The summed E-state index contributed by atoms with van der Waals surface area (Å²) in [4.78, 5) is 13.7. The van der Waals surface area contributed by atoms with Crippen LogP contribution in [-0.2, 0) is 9.84 Å². The predicted octanol–water partition coefficient (Wildman–Crippen LogP) is 3.53. The molecule has 0 spiro atoms. The number of hydrogen-bond acceptors (Lipinski definition) is 5. The average molecular weight is 427 g/mol. The number of carbonyl (C=O) groups is 1. The Balaban J connectivity index is 1.67. The van der Waals surface area contributed by atoms with Crippen molar-refractivity contribution in [1.82, 2.24) is 15.1 Å². The second-order valence-electron chi connectivity index (χ2n) is 6.77. The number of rotatable bonds is 4. The number of benzene rings is 1. The fourth-order valence-electron chi connectivity index (χ4n) is 3.25. The molecule has 1 aliphatic rings. The van der Waals surface area contributed by atoms with E-state index in [1.165, 1.54) is 41.6 Å². The van der Waals surface area contributed by atoms with E-state index < -0.39 is 20.8 Å². The summed E-state index contributed by atoms with van der Waals surface area (Å²) >= 11 is 5.86. The largest absolute Gasteiger partial charge is 0.325 e. The van der Waals surface area contributed by atoms with Crippen LogP contribution in [0.2, 0.25) is 5.02 Å². The third kappa shape index (κ3) is 4.10. The van der Waals surface area contributed by atoms with Gasteiger partial charge in [-0.1, -0.05) is 17.7 Å². The van der Waals surface area contributed by atoms with E-state index in [1.54, 1.807) is 6.07 Å². The number of carbonyl (C=O) groups excluding carboxylic acids is 1. The van der Waals surface area contributed by atoms with Crippen molar-refractivity contribution in [2.75, 3.05) is 18.4 Å². The lowest BCUT2D eigenvalue weighted by molar-refractivity contribution is 0.117. The summed E-state index contributed by atoms with van der Waals surface area (Å²) < 4.78 is 41.1. The number of anilines is 1. The highest BCUT2D eigenvalue weighted by molar-refractivity contribution is 7.92. The van der Waals surface area contributed by atoms with Crippen LogP contribution in [0.5, 0.6) is 0 Å². The molecule has 150 valence electrons. The van der Waals surface area contributed by atoms with E-state index in [9.17, 15) is 13.2 Å². The molecule has 2 aromatic rings. The lowest BCUT2D eigenvalue weighted by Gasteiger charge is -2.37. The number of amides is 2. The molecule has 7 nitrogen and oxygen atoms in total. The van der Waals surface area contributed by atoms with Crippen LogP contribution in [-0.4, -0.2) is 47.6 Å². The van der Waals surface area contributed by atoms with Crippen LogP contribution in [0, 0.1) is 5.92 Å². The summed E-state index contributed by atoms with van der Waals surface area (Å²) in [5, 5.41) is 7.77. The normalized spacial score (nSPS) is 17.8. The van der Waals surface area contributed by atoms with E-state index in [-0.39, 0.29) is 41.9 Å². The predicted molar refractivity (Wildman–Crippen MR) is 103 cm³/mol. The highest BCUT2D eigenvalue weighted by Crippen LogP contribution is 2.39. The van der Waals surface area contributed by atoms with Gasteiger partial charge in [0, 0.05) is 24.0 Å². The molecule has 0 aliphatic carbocycles. The minimum Gasteiger partial charge on any atom is -0.325 e. The molecule has 1 fully saturated rings. The zero-order valence-corrected chi connectivity index (χ0v) is 16.8. The van der Waals surface area contributed by atoms with Crippen molar-refractivity contribution in [3.05, 3.63) is 47.7 Å². The third-order valence-corrected chi connectivity index (χ3v) is 7.47. The summed E-state index contributed by atoms with van der Waals surface area (Å²) in [6.07, 6.45) is 3.33. The van der Waals surface area contributed by atoms with Crippen molar-refractivity contribution in [3.63, 3.8) is 0 Å². The Morgan fingerprint density at radius 1 is 1.29 bits per heavy atom. The van der Waals surface area contributed by atoms with Crippen molar-refractivity contribution in [2.24, 2.45) is 5.92 Å². The molecule has 10 heteroatoms. The topological polar surface area (TPSA) is 92.3 Å². The second-order valence-corrected chi connectivity index (χ2v) is 9.48. The first-order valence-electron chi connectivity index (χ1n) is 8.73. The second kappa shape index (κ2) is 8.00. The Morgan fingerprint density at radius 2 is 2.00 bits per heavy atom. The molecule has 1 aliphatic heterocycles. The lowest BCUT2D eigenvalue weighted by Crippen LogP contribution is -2.48. The summed E-state index contributed by atoms with van der Waals surface area (Å²) in [5.41, 5.74) is 0.501. The molecule has 28 heavy (non-hydrogen) atoms. The molecule has 1 N–H and O–H groups in total. The van der Waals surface area contributed by atoms with E-state index in [0.29, 0.717) is 5.69 Å². The third-order valence-electron chi connectivity index (χ3n) is 4.98. The van der Waals surface area contributed by atoms with Crippen molar-refractivity contribution in [1.29, 1.82) is 0 Å². The number of urea groups is 1. The monoisotopic (exact) mass is 426 g/mol. The number of piperidine rings is 1. The van der Waals surface area contributed by atoms with E-state index in [0.717, 1.165) is 6.92 Å². The van der Waals surface area contributed by atoms with Crippen molar-refractivity contribution < 1.29 is 17.6 Å². The van der Waals surface area contributed by atoms with Crippen LogP contribution in [0.1, 0.15) is 19.8 Å². The summed E-state index contributed by atoms with van der Waals surface area (Å²) in [6.45, 7) is 1.59. The molecule has 3 rings (SSSR count). The van der Waals surface area contributed by atoms with Crippen LogP contribution < -0.4 is 5.32 Å². The Labute approximate surface area is 167 Å². The minimum atomic E-state index is -4.23. The molecule has 1 aromatic heterocycles. The van der Waals surface area contributed by atoms with E-state index in [4.69, 9.17) is 11.6 Å². The van der Waals surface area contributed by atoms with E-state index in [1.807, 2.05) is 0 Å². The summed E-state index contributed by atoms with van der Waals surface area (Å²) in [7, 11) is -4.23. The van der Waals surface area contributed by atoms with Crippen LogP contribution >= 0.6 is 11.6 Å². The van der Waals surface area contributed by atoms with Crippen molar-refractivity contribution in [3.8, 4) is 0 Å². The van der Waals surface area contributed by atoms with Crippen LogP contribution in [0.4, 0.5) is 14.9 Å². The van der Waals surface area contributed by atoms with Crippen LogP contribution in [0.15, 0.2) is 47.6 Å². The van der Waals surface area contributed by atoms with Crippen molar-refractivity contribution >= 4 is 33.2 Å². The van der Waals surface area contributed by atoms with Gasteiger partial charge < -0.3 is 10.2 Å². The number of alkyl halides is 1. The molecule has 1 unspecified atom stereocenters. The first-order valence-corrected chi connectivity index (χ1v) is 10.6. The Morgan fingerprint density at radius 3 is 2.61 bits per heavy atom. The van der Waals surface area contributed by atoms with Crippen molar-refractivity contribution in [2.45, 2.75) is 29.7 Å². The smallest absolute Gasteiger partial charge is 0.321 e. The maximum Gasteiger partial charge on any atom is 0.321 e. The van der Waals surface area contributed by atoms with Gasteiger partial charge in [0.2, 0.25) is 14.8 Å². The Kier molecular flexibility index (Phi) is 5.85. The van der Waals surface area contributed by atoms with E-state index in [2.05, 4.69) is 15.5 Å². The Bertz CT molecular complexity index is 948. The number of aromatic nitrogens is 2. The maximum absolute atomic E-state index is 15.5. The number of nitrogens with one attached hydrogen (secondary N) is 1. The number of halogens is 2. The molecular weight excluding hydrogens is 407 g/mol. The van der Waals surface area contributed by atoms with Gasteiger partial charge >= 0.3 is 6.03 Å². The SMILES string of the molecule is CC(F)(C1CCN(C(=O)Nc2ccnnc2)CC1)S(=O)(=O)c1cccc(Cl)c1. The van der Waals surface area contributed by atoms with Crippen LogP contribution in [0.3, 0.4) is 0 Å². The number of hydrogen-bond donors (Lipinski definition) is 1. The quantitative estimate of drug-likeness (QED) is 0.807. The first kappa shape index (κ1) is 20.5. The van der Waals surface area contributed by atoms with E-state index >= 15 is 4.39 Å². The van der Waals surface area contributed by atoms with Gasteiger partial charge in [-0.15, -0.1) is 0 Å². The summed E-state index contributed by atoms with van der Waals surface area (Å²) in [6, 6.07) is 6.86. The zero-order chi connectivity index (χ0) is 20.4. The van der Waals surface area contributed by atoms with Gasteiger partial charge in [0.1, 0.15) is 0 Å². The fraction of sp³-hybridized carbons (Fsp3) is 0.389. The molecule has 0 bridgehead atoms. The molecule has 2 amide bonds. The number of nitrogens with zero attached hydrogens (tertiary/aromatic N) is 3. The molecule has 1 aromatic carbocycles. The molecule has 0 saturated carbocycles. The molecule has 1 saturated heterocycles. The number of likely N-dealkylation sites (tertiary alicyclic amines) is 1. The molecular formula is C18H20ClFN4O3S. The van der Waals surface area contributed by atoms with Gasteiger partial charge in [0.25, 0.3) is 0 Å². The Hall–Kier alpha value is -2.26. The van der Waals surface area contributed by atoms with Gasteiger partial charge in [-0.2, -0.15) is 10.2 Å². The lowest BCUT2D eigenvalue weighted by atomic mass is 9.92. The molecule has 1 atom stereocenters. The van der Waals surface area contributed by atoms with Crippen LogP contribution in [0.25, 0.3) is 0 Å². The van der Waals surface area contributed by atoms with Gasteiger partial charge in [0.05, 0.1) is 23.0 Å².